The number of carboxylic acid groups (broad SMARTS) is 1. The van der Waals surface area contributed by atoms with Crippen molar-refractivity contribution in [1.82, 2.24) is 10.6 Å². The fraction of sp³-hybridized carbons (Fsp3) is 0.375. The maximum atomic E-state index is 12.4. The molecule has 0 saturated carbocycles. The van der Waals surface area contributed by atoms with Crippen LogP contribution in [-0.2, 0) is 14.3 Å². The van der Waals surface area contributed by atoms with E-state index in [1.54, 1.807) is 0 Å². The molecule has 0 heterocycles. The second-order valence-electron chi connectivity index (χ2n) is 7.82. The minimum absolute atomic E-state index is 0.0287. The van der Waals surface area contributed by atoms with E-state index in [1.807, 2.05) is 31.2 Å². The summed E-state index contributed by atoms with van der Waals surface area (Å²) in [5.41, 5.74) is 4.59. The molecule has 1 aliphatic carbocycles. The lowest BCUT2D eigenvalue weighted by molar-refractivity contribution is -0.141. The zero-order valence-corrected chi connectivity index (χ0v) is 17.8. The number of benzene rings is 2. The molecule has 0 radical (unpaired) electrons. The summed E-state index contributed by atoms with van der Waals surface area (Å²) in [6, 6.07) is 15.8. The van der Waals surface area contributed by atoms with Crippen LogP contribution >= 0.6 is 0 Å². The van der Waals surface area contributed by atoms with E-state index in [0.29, 0.717) is 6.42 Å². The van der Waals surface area contributed by atoms with Crippen molar-refractivity contribution in [2.24, 2.45) is 5.92 Å². The largest absolute Gasteiger partial charge is 0.481 e. The Morgan fingerprint density at radius 2 is 1.61 bits per heavy atom. The standard InChI is InChI=1S/C24H28N2O5/c1-3-16(12-22(27)25-13-15(2)23(28)29)26-24(30)31-14-21-19-10-6-4-8-17(19)18-9-5-7-11-20(18)21/h4-11,15-16,21H,3,12-14H2,1-2H3,(H,25,27)(H,26,30)(H,28,29). The molecule has 1 aliphatic rings. The van der Waals surface area contributed by atoms with Gasteiger partial charge >= 0.3 is 12.1 Å². The average molecular weight is 424 g/mol. The van der Waals surface area contributed by atoms with E-state index in [4.69, 9.17) is 9.84 Å². The molecule has 3 rings (SSSR count). The lowest BCUT2D eigenvalue weighted by Gasteiger charge is -2.19. The zero-order valence-electron chi connectivity index (χ0n) is 17.8. The van der Waals surface area contributed by atoms with E-state index in [2.05, 4.69) is 34.9 Å². The Balaban J connectivity index is 1.53. The molecule has 2 aromatic carbocycles. The summed E-state index contributed by atoms with van der Waals surface area (Å²) in [6.45, 7) is 3.64. The van der Waals surface area contributed by atoms with Gasteiger partial charge in [-0.25, -0.2) is 4.79 Å². The quantitative estimate of drug-likeness (QED) is 0.571. The predicted octanol–water partition coefficient (Wildman–Crippen LogP) is 3.53. The molecular weight excluding hydrogens is 396 g/mol. The van der Waals surface area contributed by atoms with E-state index in [0.717, 1.165) is 22.3 Å². The van der Waals surface area contributed by atoms with Crippen LogP contribution in [0.15, 0.2) is 48.5 Å². The molecule has 0 saturated heterocycles. The average Bonchev–Trinajstić information content (AvgIpc) is 3.09. The first-order chi connectivity index (χ1) is 14.9. The molecule has 0 bridgehead atoms. The van der Waals surface area contributed by atoms with Crippen LogP contribution in [-0.4, -0.2) is 42.3 Å². The Kier molecular flexibility index (Phi) is 7.28. The van der Waals surface area contributed by atoms with Gasteiger partial charge in [0, 0.05) is 24.9 Å². The van der Waals surface area contributed by atoms with Crippen molar-refractivity contribution in [2.75, 3.05) is 13.2 Å². The minimum atomic E-state index is -0.968. The predicted molar refractivity (Wildman–Crippen MR) is 117 cm³/mol. The molecule has 31 heavy (non-hydrogen) atoms. The summed E-state index contributed by atoms with van der Waals surface area (Å²) in [5, 5.41) is 14.2. The molecular formula is C24H28N2O5. The molecule has 0 spiro atoms. The molecule has 2 atom stereocenters. The number of carboxylic acids is 1. The van der Waals surface area contributed by atoms with E-state index in [1.165, 1.54) is 6.92 Å². The Bertz CT molecular complexity index is 913. The molecule has 0 fully saturated rings. The summed E-state index contributed by atoms with van der Waals surface area (Å²) in [7, 11) is 0. The Morgan fingerprint density at radius 1 is 1.03 bits per heavy atom. The molecule has 2 unspecified atom stereocenters. The smallest absolute Gasteiger partial charge is 0.407 e. The van der Waals surface area contributed by atoms with Gasteiger partial charge in [0.15, 0.2) is 0 Å². The molecule has 0 aliphatic heterocycles. The van der Waals surface area contributed by atoms with E-state index in [9.17, 15) is 14.4 Å². The van der Waals surface area contributed by atoms with Crippen molar-refractivity contribution in [3.8, 4) is 11.1 Å². The minimum Gasteiger partial charge on any atom is -0.481 e. The molecule has 164 valence electrons. The van der Waals surface area contributed by atoms with Gasteiger partial charge in [-0.3, -0.25) is 9.59 Å². The molecule has 3 N–H and O–H groups in total. The lowest BCUT2D eigenvalue weighted by Crippen LogP contribution is -2.40. The Hall–Kier alpha value is -3.35. The van der Waals surface area contributed by atoms with Crippen LogP contribution in [0, 0.1) is 5.92 Å². The van der Waals surface area contributed by atoms with Crippen LogP contribution < -0.4 is 10.6 Å². The van der Waals surface area contributed by atoms with Crippen molar-refractivity contribution < 1.29 is 24.2 Å². The van der Waals surface area contributed by atoms with Crippen molar-refractivity contribution in [1.29, 1.82) is 0 Å². The number of carbonyl (C=O) groups is 3. The first-order valence-electron chi connectivity index (χ1n) is 10.5. The topological polar surface area (TPSA) is 105 Å². The maximum absolute atomic E-state index is 12.4. The monoisotopic (exact) mass is 424 g/mol. The highest BCUT2D eigenvalue weighted by Crippen LogP contribution is 2.44. The van der Waals surface area contributed by atoms with Crippen molar-refractivity contribution in [3.05, 3.63) is 59.7 Å². The van der Waals surface area contributed by atoms with Gasteiger partial charge in [-0.1, -0.05) is 62.4 Å². The van der Waals surface area contributed by atoms with E-state index < -0.39 is 24.0 Å². The third-order valence-electron chi connectivity index (χ3n) is 5.62. The number of alkyl carbamates (subject to hydrolysis) is 1. The summed E-state index contributed by atoms with van der Waals surface area (Å²) in [6.07, 6.45) is 0.0412. The van der Waals surface area contributed by atoms with Crippen LogP contribution in [0.1, 0.15) is 43.7 Å². The highest BCUT2D eigenvalue weighted by molar-refractivity contribution is 5.80. The number of nitrogens with one attached hydrogen (secondary N) is 2. The summed E-state index contributed by atoms with van der Waals surface area (Å²) in [5.74, 6) is -1.97. The van der Waals surface area contributed by atoms with Crippen LogP contribution in [0.25, 0.3) is 11.1 Å². The van der Waals surface area contributed by atoms with Gasteiger partial charge < -0.3 is 20.5 Å². The number of aliphatic carboxylic acids is 1. The summed E-state index contributed by atoms with van der Waals surface area (Å²) >= 11 is 0. The van der Waals surface area contributed by atoms with Gasteiger partial charge in [-0.2, -0.15) is 0 Å². The molecule has 2 amide bonds. The van der Waals surface area contributed by atoms with Crippen LogP contribution in [0.4, 0.5) is 4.79 Å². The fourth-order valence-corrected chi connectivity index (χ4v) is 3.75. The maximum Gasteiger partial charge on any atom is 0.407 e. The highest BCUT2D eigenvalue weighted by atomic mass is 16.5. The zero-order chi connectivity index (χ0) is 22.4. The fourth-order valence-electron chi connectivity index (χ4n) is 3.75. The Labute approximate surface area is 181 Å². The summed E-state index contributed by atoms with van der Waals surface area (Å²) < 4.78 is 5.52. The SMILES string of the molecule is CCC(CC(=O)NCC(C)C(=O)O)NC(=O)OCC1c2ccccc2-c2ccccc21. The molecule has 7 heteroatoms. The molecule has 0 aromatic heterocycles. The highest BCUT2D eigenvalue weighted by Gasteiger charge is 2.29. The first kappa shape index (κ1) is 22.3. The van der Waals surface area contributed by atoms with E-state index in [-0.39, 0.29) is 31.4 Å². The third kappa shape index (κ3) is 5.42. The number of amides is 2. The van der Waals surface area contributed by atoms with Gasteiger partial charge in [0.05, 0.1) is 5.92 Å². The van der Waals surface area contributed by atoms with Gasteiger partial charge in [0.1, 0.15) is 6.61 Å². The van der Waals surface area contributed by atoms with Crippen molar-refractivity contribution in [2.45, 2.75) is 38.6 Å². The number of carbonyl (C=O) groups excluding carboxylic acids is 2. The van der Waals surface area contributed by atoms with Gasteiger partial charge in [-0.05, 0) is 28.7 Å². The van der Waals surface area contributed by atoms with Crippen molar-refractivity contribution in [3.63, 3.8) is 0 Å². The van der Waals surface area contributed by atoms with E-state index >= 15 is 0 Å². The second kappa shape index (κ2) is 10.1. The number of hydrogen-bond acceptors (Lipinski definition) is 4. The number of ether oxygens (including phenoxy) is 1. The van der Waals surface area contributed by atoms with Gasteiger partial charge in [0.25, 0.3) is 0 Å². The second-order valence-corrected chi connectivity index (χ2v) is 7.82. The van der Waals surface area contributed by atoms with Crippen LogP contribution in [0.3, 0.4) is 0 Å². The van der Waals surface area contributed by atoms with Gasteiger partial charge in [-0.15, -0.1) is 0 Å². The Morgan fingerprint density at radius 3 is 2.16 bits per heavy atom. The molecule has 2 aromatic rings. The van der Waals surface area contributed by atoms with Crippen LogP contribution in [0.5, 0.6) is 0 Å². The normalized spacial score (nSPS) is 14.1. The van der Waals surface area contributed by atoms with Crippen molar-refractivity contribution >= 4 is 18.0 Å². The lowest BCUT2D eigenvalue weighted by atomic mass is 9.98. The van der Waals surface area contributed by atoms with Gasteiger partial charge in [0.2, 0.25) is 5.91 Å². The molecule has 7 nitrogen and oxygen atoms in total. The van der Waals surface area contributed by atoms with Crippen LogP contribution in [0.2, 0.25) is 0 Å². The number of hydrogen-bond donors (Lipinski definition) is 3. The third-order valence-corrected chi connectivity index (χ3v) is 5.62. The summed E-state index contributed by atoms with van der Waals surface area (Å²) in [4.78, 5) is 35.3. The first-order valence-corrected chi connectivity index (χ1v) is 10.5. The number of rotatable bonds is 9. The number of fused-ring (bicyclic) bond motifs is 3.